The van der Waals surface area contributed by atoms with E-state index in [1.165, 1.54) is 12.8 Å². The highest BCUT2D eigenvalue weighted by atomic mass is 16.4. The first-order chi connectivity index (χ1) is 8.01. The van der Waals surface area contributed by atoms with Gasteiger partial charge in [0.05, 0.1) is 6.42 Å². The zero-order chi connectivity index (χ0) is 12.5. The molecule has 0 amide bonds. The normalized spacial score (nSPS) is 26.7. The number of rotatable bonds is 5. The van der Waals surface area contributed by atoms with E-state index in [1.807, 2.05) is 0 Å². The first-order valence-electron chi connectivity index (χ1n) is 6.69. The lowest BCUT2D eigenvalue weighted by atomic mass is 9.98. The van der Waals surface area contributed by atoms with Crippen LogP contribution in [0.1, 0.15) is 33.1 Å². The lowest BCUT2D eigenvalue weighted by molar-refractivity contribution is -0.137. The highest BCUT2D eigenvalue weighted by Gasteiger charge is 2.45. The summed E-state index contributed by atoms with van der Waals surface area (Å²) in [5.74, 6) is -0.689. The van der Waals surface area contributed by atoms with Gasteiger partial charge in [-0.3, -0.25) is 9.69 Å². The summed E-state index contributed by atoms with van der Waals surface area (Å²) in [6.07, 6.45) is 3.01. The minimum atomic E-state index is -0.689. The van der Waals surface area contributed by atoms with Crippen molar-refractivity contribution in [3.05, 3.63) is 0 Å². The van der Waals surface area contributed by atoms with Crippen molar-refractivity contribution in [2.24, 2.45) is 5.41 Å². The topological polar surface area (TPSA) is 43.8 Å². The van der Waals surface area contributed by atoms with Crippen molar-refractivity contribution < 1.29 is 9.90 Å². The molecule has 1 atom stereocenters. The first-order valence-corrected chi connectivity index (χ1v) is 6.69. The van der Waals surface area contributed by atoms with Crippen LogP contribution >= 0.6 is 0 Å². The summed E-state index contributed by atoms with van der Waals surface area (Å²) in [6.45, 7) is 9.66. The van der Waals surface area contributed by atoms with Crippen LogP contribution < -0.4 is 0 Å². The molecule has 0 aromatic rings. The summed E-state index contributed by atoms with van der Waals surface area (Å²) in [5, 5.41) is 8.66. The highest BCUT2D eigenvalue weighted by molar-refractivity contribution is 5.66. The second-order valence-corrected chi connectivity index (χ2v) is 5.85. The van der Waals surface area contributed by atoms with Crippen LogP contribution in [0.5, 0.6) is 0 Å². The Labute approximate surface area is 104 Å². The van der Waals surface area contributed by atoms with E-state index in [-0.39, 0.29) is 6.42 Å². The zero-order valence-corrected chi connectivity index (χ0v) is 11.0. The fraction of sp³-hybridized carbons (Fsp3) is 0.923. The number of aliphatic carboxylic acids is 1. The second kappa shape index (κ2) is 4.94. The van der Waals surface area contributed by atoms with E-state index in [9.17, 15) is 4.79 Å². The molecule has 0 radical (unpaired) electrons. The molecule has 1 saturated carbocycles. The average Bonchev–Trinajstić information content (AvgIpc) is 3.06. The molecule has 4 heteroatoms. The molecule has 0 aromatic carbocycles. The molecular weight excluding hydrogens is 216 g/mol. The summed E-state index contributed by atoms with van der Waals surface area (Å²) in [5.41, 5.74) is 0.559. The first kappa shape index (κ1) is 12.8. The molecule has 17 heavy (non-hydrogen) atoms. The minimum Gasteiger partial charge on any atom is -0.481 e. The minimum absolute atomic E-state index is 0.271. The van der Waals surface area contributed by atoms with Crippen LogP contribution in [0.3, 0.4) is 0 Å². The zero-order valence-electron chi connectivity index (χ0n) is 11.0. The molecule has 1 aliphatic carbocycles. The lowest BCUT2D eigenvalue weighted by Crippen LogP contribution is -2.51. The molecule has 0 aromatic heterocycles. The van der Waals surface area contributed by atoms with Gasteiger partial charge < -0.3 is 10.0 Å². The van der Waals surface area contributed by atoms with Gasteiger partial charge in [0, 0.05) is 38.8 Å². The Morgan fingerprint density at radius 3 is 2.35 bits per heavy atom. The molecule has 2 rings (SSSR count). The lowest BCUT2D eigenvalue weighted by Gasteiger charge is -2.40. The number of hydrogen-bond acceptors (Lipinski definition) is 3. The van der Waals surface area contributed by atoms with Gasteiger partial charge in [-0.1, -0.05) is 6.92 Å². The van der Waals surface area contributed by atoms with Crippen LogP contribution in [0.25, 0.3) is 0 Å². The van der Waals surface area contributed by atoms with Crippen LogP contribution in [-0.4, -0.2) is 59.6 Å². The Hall–Kier alpha value is -0.610. The van der Waals surface area contributed by atoms with Gasteiger partial charge in [-0.05, 0) is 25.2 Å². The standard InChI is InChI=1S/C13H24N2O2/c1-11(13(2)4-5-13)15-9-7-14(8-10-15)6-3-12(16)17/h11H,3-10H2,1-2H3,(H,16,17). The molecule has 1 aliphatic heterocycles. The van der Waals surface area contributed by atoms with Crippen molar-refractivity contribution in [2.45, 2.75) is 39.2 Å². The quantitative estimate of drug-likeness (QED) is 0.786. The SMILES string of the molecule is CC(N1CCN(CCC(=O)O)CC1)C1(C)CC1. The predicted molar refractivity (Wildman–Crippen MR) is 67.1 cm³/mol. The van der Waals surface area contributed by atoms with Crippen molar-refractivity contribution in [3.63, 3.8) is 0 Å². The second-order valence-electron chi connectivity index (χ2n) is 5.85. The summed E-state index contributed by atoms with van der Waals surface area (Å²) < 4.78 is 0. The van der Waals surface area contributed by atoms with Crippen molar-refractivity contribution >= 4 is 5.97 Å². The number of carbonyl (C=O) groups is 1. The van der Waals surface area contributed by atoms with Gasteiger partial charge in [-0.15, -0.1) is 0 Å². The van der Waals surface area contributed by atoms with E-state index in [2.05, 4.69) is 23.6 Å². The fourth-order valence-electron chi connectivity index (χ4n) is 2.68. The van der Waals surface area contributed by atoms with Gasteiger partial charge in [-0.25, -0.2) is 0 Å². The Balaban J connectivity index is 1.72. The molecule has 2 fully saturated rings. The predicted octanol–water partition coefficient (Wildman–Crippen LogP) is 1.27. The number of carboxylic acid groups (broad SMARTS) is 1. The molecule has 1 saturated heterocycles. The Morgan fingerprint density at radius 2 is 1.88 bits per heavy atom. The molecule has 1 N–H and O–H groups in total. The van der Waals surface area contributed by atoms with Crippen molar-refractivity contribution in [2.75, 3.05) is 32.7 Å². The van der Waals surface area contributed by atoms with Crippen molar-refractivity contribution in [1.82, 2.24) is 9.80 Å². The molecular formula is C13H24N2O2. The van der Waals surface area contributed by atoms with E-state index < -0.39 is 5.97 Å². The van der Waals surface area contributed by atoms with E-state index in [4.69, 9.17) is 5.11 Å². The van der Waals surface area contributed by atoms with Crippen LogP contribution in [0.15, 0.2) is 0 Å². The third-order valence-electron chi connectivity index (χ3n) is 4.64. The van der Waals surface area contributed by atoms with E-state index in [1.54, 1.807) is 0 Å². The van der Waals surface area contributed by atoms with Crippen molar-refractivity contribution in [1.29, 1.82) is 0 Å². The fourth-order valence-corrected chi connectivity index (χ4v) is 2.68. The van der Waals surface area contributed by atoms with E-state index >= 15 is 0 Å². The summed E-state index contributed by atoms with van der Waals surface area (Å²) in [4.78, 5) is 15.4. The Kier molecular flexibility index (Phi) is 3.73. The smallest absolute Gasteiger partial charge is 0.304 e. The maximum absolute atomic E-state index is 10.5. The van der Waals surface area contributed by atoms with E-state index in [0.29, 0.717) is 18.0 Å². The van der Waals surface area contributed by atoms with Crippen LogP contribution in [0.2, 0.25) is 0 Å². The van der Waals surface area contributed by atoms with Crippen LogP contribution in [0.4, 0.5) is 0 Å². The Morgan fingerprint density at radius 1 is 1.29 bits per heavy atom. The summed E-state index contributed by atoms with van der Waals surface area (Å²) in [6, 6.07) is 0.684. The van der Waals surface area contributed by atoms with Crippen LogP contribution in [0, 0.1) is 5.41 Å². The number of carboxylic acids is 1. The average molecular weight is 240 g/mol. The van der Waals surface area contributed by atoms with Gasteiger partial charge in [0.25, 0.3) is 0 Å². The van der Waals surface area contributed by atoms with Gasteiger partial charge in [0.2, 0.25) is 0 Å². The molecule has 1 unspecified atom stereocenters. The van der Waals surface area contributed by atoms with Crippen molar-refractivity contribution in [3.8, 4) is 0 Å². The summed E-state index contributed by atoms with van der Waals surface area (Å²) >= 11 is 0. The molecule has 0 bridgehead atoms. The number of piperazine rings is 1. The third-order valence-corrected chi connectivity index (χ3v) is 4.64. The molecule has 0 spiro atoms. The van der Waals surface area contributed by atoms with E-state index in [0.717, 1.165) is 26.2 Å². The van der Waals surface area contributed by atoms with Gasteiger partial charge in [-0.2, -0.15) is 0 Å². The van der Waals surface area contributed by atoms with Gasteiger partial charge in [0.15, 0.2) is 0 Å². The number of hydrogen-bond donors (Lipinski definition) is 1. The summed E-state index contributed by atoms with van der Waals surface area (Å²) in [7, 11) is 0. The van der Waals surface area contributed by atoms with Gasteiger partial charge >= 0.3 is 5.97 Å². The maximum atomic E-state index is 10.5. The van der Waals surface area contributed by atoms with Crippen LogP contribution in [-0.2, 0) is 4.79 Å². The maximum Gasteiger partial charge on any atom is 0.304 e. The number of nitrogens with zero attached hydrogens (tertiary/aromatic N) is 2. The highest BCUT2D eigenvalue weighted by Crippen LogP contribution is 2.49. The molecule has 2 aliphatic rings. The monoisotopic (exact) mass is 240 g/mol. The van der Waals surface area contributed by atoms with Gasteiger partial charge in [0.1, 0.15) is 0 Å². The third kappa shape index (κ3) is 3.19. The Bertz CT molecular complexity index is 281. The largest absolute Gasteiger partial charge is 0.481 e. The molecule has 1 heterocycles. The molecule has 4 nitrogen and oxygen atoms in total. The molecule has 98 valence electrons.